The first kappa shape index (κ1) is 13.2. The van der Waals surface area contributed by atoms with Crippen LogP contribution in [-0.4, -0.2) is 24.2 Å². The number of carboxylic acids is 1. The molecule has 1 unspecified atom stereocenters. The summed E-state index contributed by atoms with van der Waals surface area (Å²) in [6.07, 6.45) is 0.187. The van der Waals surface area contributed by atoms with Crippen LogP contribution in [0.5, 0.6) is 0 Å². The molecule has 0 spiro atoms. The Hall–Kier alpha value is -1.84. The van der Waals surface area contributed by atoms with Crippen molar-refractivity contribution in [3.05, 3.63) is 35.4 Å². The van der Waals surface area contributed by atoms with E-state index in [-0.39, 0.29) is 6.42 Å². The normalized spacial score (nSPS) is 11.9. The Balaban J connectivity index is 2.82. The van der Waals surface area contributed by atoms with Gasteiger partial charge in [-0.1, -0.05) is 24.3 Å². The number of carboxylic acid groups (broad SMARTS) is 1. The topological polar surface area (TPSA) is 63.6 Å². The van der Waals surface area contributed by atoms with Crippen LogP contribution in [0.4, 0.5) is 0 Å². The van der Waals surface area contributed by atoms with E-state index in [0.717, 1.165) is 11.1 Å². The number of methoxy groups -OCH3 is 1. The first-order valence-corrected chi connectivity index (χ1v) is 5.38. The lowest BCUT2D eigenvalue weighted by molar-refractivity contribution is -0.150. The number of carbonyl (C=O) groups is 2. The van der Waals surface area contributed by atoms with Crippen molar-refractivity contribution in [3.63, 3.8) is 0 Å². The Morgan fingerprint density at radius 2 is 2.00 bits per heavy atom. The summed E-state index contributed by atoms with van der Waals surface area (Å²) in [5, 5.41) is 8.77. The van der Waals surface area contributed by atoms with Crippen molar-refractivity contribution in [2.24, 2.45) is 5.92 Å². The minimum atomic E-state index is -0.992. The van der Waals surface area contributed by atoms with Gasteiger partial charge in [0.05, 0.1) is 19.4 Å². The number of rotatable bonds is 5. The fraction of sp³-hybridized carbons (Fsp3) is 0.385. The molecule has 1 aromatic carbocycles. The molecular formula is C13H16O4. The molecule has 0 saturated heterocycles. The molecule has 0 saturated carbocycles. The van der Waals surface area contributed by atoms with Crippen LogP contribution in [0.15, 0.2) is 24.3 Å². The minimum Gasteiger partial charge on any atom is -0.481 e. The molecule has 0 fully saturated rings. The Bertz CT molecular complexity index is 412. The molecule has 0 bridgehead atoms. The molecule has 0 radical (unpaired) electrons. The summed E-state index contributed by atoms with van der Waals surface area (Å²) >= 11 is 0. The van der Waals surface area contributed by atoms with Crippen molar-refractivity contribution in [3.8, 4) is 0 Å². The van der Waals surface area contributed by atoms with Crippen molar-refractivity contribution >= 4 is 11.9 Å². The van der Waals surface area contributed by atoms with Gasteiger partial charge in [0.15, 0.2) is 0 Å². The third-order valence-corrected chi connectivity index (χ3v) is 2.68. The molecule has 1 atom stereocenters. The average molecular weight is 236 g/mol. The first-order chi connectivity index (χ1) is 8.04. The number of carbonyl (C=O) groups excluding carboxylic acids is 1. The number of aliphatic carboxylic acids is 1. The highest BCUT2D eigenvalue weighted by Crippen LogP contribution is 2.17. The van der Waals surface area contributed by atoms with Crippen LogP contribution in [0.25, 0.3) is 0 Å². The van der Waals surface area contributed by atoms with Gasteiger partial charge in [-0.2, -0.15) is 0 Å². The molecule has 92 valence electrons. The molecule has 0 amide bonds. The summed E-state index contributed by atoms with van der Waals surface area (Å²) in [7, 11) is 1.27. The zero-order chi connectivity index (χ0) is 12.8. The van der Waals surface area contributed by atoms with Crippen LogP contribution in [0.2, 0.25) is 0 Å². The molecule has 4 nitrogen and oxygen atoms in total. The van der Waals surface area contributed by atoms with Gasteiger partial charge in [0, 0.05) is 0 Å². The summed E-state index contributed by atoms with van der Waals surface area (Å²) in [4.78, 5) is 22.2. The van der Waals surface area contributed by atoms with E-state index in [4.69, 9.17) is 5.11 Å². The van der Waals surface area contributed by atoms with Crippen LogP contribution >= 0.6 is 0 Å². The fourth-order valence-electron chi connectivity index (χ4n) is 1.72. The van der Waals surface area contributed by atoms with Gasteiger partial charge in [0.2, 0.25) is 0 Å². The van der Waals surface area contributed by atoms with E-state index in [2.05, 4.69) is 4.74 Å². The Labute approximate surface area is 100 Å². The van der Waals surface area contributed by atoms with E-state index < -0.39 is 17.9 Å². The average Bonchev–Trinajstić information content (AvgIpc) is 2.29. The quantitative estimate of drug-likeness (QED) is 0.792. The maximum absolute atomic E-state index is 11.5. The lowest BCUT2D eigenvalue weighted by Crippen LogP contribution is -2.22. The molecule has 1 N–H and O–H groups in total. The van der Waals surface area contributed by atoms with Crippen LogP contribution in [0.1, 0.15) is 17.5 Å². The summed E-state index contributed by atoms with van der Waals surface area (Å²) < 4.78 is 4.62. The van der Waals surface area contributed by atoms with Crippen LogP contribution in [0, 0.1) is 12.8 Å². The number of esters is 1. The van der Waals surface area contributed by atoms with Crippen molar-refractivity contribution in [2.75, 3.05) is 7.11 Å². The molecule has 0 aromatic heterocycles. The SMILES string of the molecule is COC(=O)C(CC(=O)O)Cc1ccccc1C. The van der Waals surface area contributed by atoms with E-state index in [1.54, 1.807) is 0 Å². The van der Waals surface area contributed by atoms with Crippen molar-refractivity contribution in [2.45, 2.75) is 19.8 Å². The summed E-state index contributed by atoms with van der Waals surface area (Å²) in [6, 6.07) is 7.61. The maximum atomic E-state index is 11.5. The first-order valence-electron chi connectivity index (χ1n) is 5.38. The molecule has 4 heteroatoms. The number of benzene rings is 1. The molecular weight excluding hydrogens is 220 g/mol. The number of aryl methyl sites for hydroxylation is 1. The smallest absolute Gasteiger partial charge is 0.309 e. The van der Waals surface area contributed by atoms with E-state index in [9.17, 15) is 9.59 Å². The molecule has 1 rings (SSSR count). The summed E-state index contributed by atoms with van der Waals surface area (Å²) in [5.74, 6) is -2.09. The molecule has 1 aromatic rings. The monoisotopic (exact) mass is 236 g/mol. The Morgan fingerprint density at radius 3 is 2.53 bits per heavy atom. The molecule has 0 heterocycles. The lowest BCUT2D eigenvalue weighted by atomic mass is 9.94. The zero-order valence-electron chi connectivity index (χ0n) is 9.97. The predicted octanol–water partition coefficient (Wildman–Crippen LogP) is 1.80. The standard InChI is InChI=1S/C13H16O4/c1-9-5-3-4-6-10(9)7-11(8-12(14)15)13(16)17-2/h3-6,11H,7-8H2,1-2H3,(H,14,15). The van der Waals surface area contributed by atoms with Gasteiger partial charge in [0.25, 0.3) is 0 Å². The highest BCUT2D eigenvalue weighted by Gasteiger charge is 2.23. The molecule has 0 aliphatic carbocycles. The second-order valence-electron chi connectivity index (χ2n) is 3.95. The summed E-state index contributed by atoms with van der Waals surface area (Å²) in [6.45, 7) is 1.93. The van der Waals surface area contributed by atoms with Crippen molar-refractivity contribution in [1.82, 2.24) is 0 Å². The van der Waals surface area contributed by atoms with Gasteiger partial charge in [0.1, 0.15) is 0 Å². The Kier molecular flexibility index (Phi) is 4.69. The highest BCUT2D eigenvalue weighted by molar-refractivity contribution is 5.79. The molecule has 0 aliphatic heterocycles. The van der Waals surface area contributed by atoms with Crippen molar-refractivity contribution < 1.29 is 19.4 Å². The van der Waals surface area contributed by atoms with Crippen molar-refractivity contribution in [1.29, 1.82) is 0 Å². The van der Waals surface area contributed by atoms with Gasteiger partial charge in [-0.15, -0.1) is 0 Å². The fourth-order valence-corrected chi connectivity index (χ4v) is 1.72. The van der Waals surface area contributed by atoms with Gasteiger partial charge >= 0.3 is 11.9 Å². The highest BCUT2D eigenvalue weighted by atomic mass is 16.5. The molecule has 17 heavy (non-hydrogen) atoms. The third-order valence-electron chi connectivity index (χ3n) is 2.68. The van der Waals surface area contributed by atoms with Gasteiger partial charge < -0.3 is 9.84 Å². The van der Waals surface area contributed by atoms with Crippen LogP contribution in [0.3, 0.4) is 0 Å². The third kappa shape index (κ3) is 3.90. The van der Waals surface area contributed by atoms with E-state index in [0.29, 0.717) is 6.42 Å². The van der Waals surface area contributed by atoms with Gasteiger partial charge in [-0.05, 0) is 24.5 Å². The molecule has 0 aliphatic rings. The number of hydrogen-bond donors (Lipinski definition) is 1. The number of ether oxygens (including phenoxy) is 1. The van der Waals surface area contributed by atoms with Crippen LogP contribution in [-0.2, 0) is 20.7 Å². The van der Waals surface area contributed by atoms with E-state index in [1.165, 1.54) is 7.11 Å². The lowest BCUT2D eigenvalue weighted by Gasteiger charge is -2.13. The largest absolute Gasteiger partial charge is 0.481 e. The van der Waals surface area contributed by atoms with Crippen LogP contribution < -0.4 is 0 Å². The summed E-state index contributed by atoms with van der Waals surface area (Å²) in [5.41, 5.74) is 2.02. The second kappa shape index (κ2) is 6.03. The number of hydrogen-bond acceptors (Lipinski definition) is 3. The second-order valence-corrected chi connectivity index (χ2v) is 3.95. The maximum Gasteiger partial charge on any atom is 0.309 e. The van der Waals surface area contributed by atoms with Gasteiger partial charge in [-0.3, -0.25) is 9.59 Å². The minimum absolute atomic E-state index is 0.207. The van der Waals surface area contributed by atoms with E-state index in [1.807, 2.05) is 31.2 Å². The predicted molar refractivity (Wildman–Crippen MR) is 62.6 cm³/mol. The van der Waals surface area contributed by atoms with E-state index >= 15 is 0 Å². The van der Waals surface area contributed by atoms with Gasteiger partial charge in [-0.25, -0.2) is 0 Å². The Morgan fingerprint density at radius 1 is 1.35 bits per heavy atom. The zero-order valence-corrected chi connectivity index (χ0v) is 9.97.